The lowest BCUT2D eigenvalue weighted by molar-refractivity contribution is -0.379. The summed E-state index contributed by atoms with van der Waals surface area (Å²) in [5.74, 6) is -1.03. The lowest BCUT2D eigenvalue weighted by Crippen LogP contribution is -2.67. The molecule has 520 valence electrons. The summed E-state index contributed by atoms with van der Waals surface area (Å²) in [7, 11) is 0. The second-order valence-corrected chi connectivity index (χ2v) is 24.2. The van der Waals surface area contributed by atoms with E-state index in [9.17, 15) is 86.2 Å². The minimum absolute atomic E-state index is 0.206. The number of carbonyl (C=O) groups is 2. The van der Waals surface area contributed by atoms with Crippen LogP contribution in [0.4, 0.5) is 0 Å². The topological polar surface area (TPSA) is 454 Å². The third-order valence-corrected chi connectivity index (χ3v) is 17.1. The molecule has 0 saturated carbocycles. The number of carbonyl (C=O) groups excluding carboxylic acids is 2. The fourth-order valence-electron chi connectivity index (χ4n) is 11.8. The maximum absolute atomic E-state index is 13.3. The number of hydrogen-bond acceptors (Lipinski definition) is 27. The van der Waals surface area contributed by atoms with Crippen molar-refractivity contribution in [3.63, 3.8) is 0 Å². The summed E-state index contributed by atoms with van der Waals surface area (Å²) in [4.78, 5) is 26.0. The van der Waals surface area contributed by atoms with Crippen LogP contribution in [0.15, 0.2) is 12.2 Å². The number of unbranched alkanes of at least 4 members (excludes halogenated alkanes) is 17. The molecule has 0 aliphatic carbocycles. The van der Waals surface area contributed by atoms with Gasteiger partial charge < -0.3 is 135 Å². The number of aliphatic hydroxyl groups excluding tert-OH is 15. The summed E-state index contributed by atoms with van der Waals surface area (Å²) in [5.41, 5.74) is 0. The van der Waals surface area contributed by atoms with Gasteiger partial charge in [0.25, 0.3) is 0 Å². The Morgan fingerprint density at radius 1 is 0.483 bits per heavy atom. The van der Waals surface area contributed by atoms with E-state index in [1.54, 1.807) is 6.08 Å². The van der Waals surface area contributed by atoms with E-state index in [2.05, 4.69) is 24.5 Å². The van der Waals surface area contributed by atoms with E-state index < -0.39 is 205 Å². The molecule has 0 aromatic heterocycles. The predicted molar refractivity (Wildman–Crippen MR) is 311 cm³/mol. The van der Waals surface area contributed by atoms with E-state index in [-0.39, 0.29) is 18.7 Å². The Morgan fingerprint density at radius 3 is 1.37 bits per heavy atom. The van der Waals surface area contributed by atoms with Gasteiger partial charge in [-0.15, -0.1) is 0 Å². The largest absolute Gasteiger partial charge is 0.394 e. The summed E-state index contributed by atoms with van der Waals surface area (Å²) >= 11 is 0. The Morgan fingerprint density at radius 2 is 0.899 bits per heavy atom. The number of amides is 2. The molecular formula is C60H108N2O27. The lowest BCUT2D eigenvalue weighted by atomic mass is 9.95. The van der Waals surface area contributed by atoms with Crippen molar-refractivity contribution in [3.05, 3.63) is 12.2 Å². The normalized spacial score (nSPS) is 37.7. The number of nitrogens with one attached hydrogen (secondary N) is 2. The standard InChI is InChI=1S/C60H108N2O27/c1-4-6-8-10-12-14-16-18-20-22-24-36(69)35(62-42(70)25-23-21-19-17-15-13-11-9-7-5-2)32-80-57-50(77)46(73)54(39(29-65)84-57)89-60-52(79)48(75)53(40(30-66)86-60)87-56-43(61-33(3)68)37(26-34(27-63)81-56)82-58-51(78)47(74)55(41(31-67)85-58)88-59-49(76)45(72)44(71)38(28-64)83-59/h22,24,34-41,43-60,63-67,69,71-79H,4-21,23,25-32H2,1-3H3,(H,61,68)(H,62,70)/b24-22+/t34-,35?,36?,37-,38+,39+,40+,41+,43+,44-,45-,46+,47+,48+,49+,50+,51+,52+,53-,54-,55-,56-,57+,58+,59+,60-/m0/s1. The summed E-state index contributed by atoms with van der Waals surface area (Å²) in [6.45, 7) is 0.817. The van der Waals surface area contributed by atoms with Crippen molar-refractivity contribution in [2.24, 2.45) is 0 Å². The Bertz CT molecular complexity index is 1970. The van der Waals surface area contributed by atoms with Crippen LogP contribution in [0.5, 0.6) is 0 Å². The maximum atomic E-state index is 13.3. The van der Waals surface area contributed by atoms with Crippen LogP contribution >= 0.6 is 0 Å². The van der Waals surface area contributed by atoms with Crippen LogP contribution in [-0.4, -0.2) is 288 Å². The van der Waals surface area contributed by atoms with Crippen LogP contribution in [0.1, 0.15) is 156 Å². The molecule has 0 spiro atoms. The Hall–Kier alpha value is -2.32. The van der Waals surface area contributed by atoms with Gasteiger partial charge in [-0.05, 0) is 19.3 Å². The fourth-order valence-corrected chi connectivity index (χ4v) is 11.8. The summed E-state index contributed by atoms with van der Waals surface area (Å²) in [6, 6.07) is -2.47. The second-order valence-electron chi connectivity index (χ2n) is 24.2. The number of ether oxygens (including phenoxy) is 10. The molecule has 17 N–H and O–H groups in total. The molecule has 89 heavy (non-hydrogen) atoms. The minimum atomic E-state index is -2.10. The zero-order valence-corrected chi connectivity index (χ0v) is 51.9. The van der Waals surface area contributed by atoms with Gasteiger partial charge in [-0.2, -0.15) is 0 Å². The van der Waals surface area contributed by atoms with Crippen LogP contribution in [0.25, 0.3) is 0 Å². The molecule has 5 saturated heterocycles. The molecule has 5 aliphatic heterocycles. The van der Waals surface area contributed by atoms with Crippen molar-refractivity contribution in [2.75, 3.05) is 39.6 Å². The first-order valence-corrected chi connectivity index (χ1v) is 32.4. The van der Waals surface area contributed by atoms with Crippen molar-refractivity contribution < 1.29 is 134 Å². The van der Waals surface area contributed by atoms with Gasteiger partial charge in [0.15, 0.2) is 31.5 Å². The predicted octanol–water partition coefficient (Wildman–Crippen LogP) is -2.48. The summed E-state index contributed by atoms with van der Waals surface area (Å²) in [5, 5.41) is 168. The molecule has 0 aromatic rings. The zero-order valence-electron chi connectivity index (χ0n) is 51.9. The van der Waals surface area contributed by atoms with Gasteiger partial charge in [-0.25, -0.2) is 0 Å². The lowest BCUT2D eigenvalue weighted by Gasteiger charge is -2.49. The van der Waals surface area contributed by atoms with E-state index in [4.69, 9.17) is 47.4 Å². The number of rotatable bonds is 40. The molecule has 5 heterocycles. The maximum Gasteiger partial charge on any atom is 0.220 e. The van der Waals surface area contributed by atoms with Crippen molar-refractivity contribution in [2.45, 2.75) is 315 Å². The molecular weight excluding hydrogens is 1180 g/mol. The fraction of sp³-hybridized carbons (Fsp3) is 0.933. The molecule has 2 unspecified atom stereocenters. The number of allylic oxidation sites excluding steroid dienone is 1. The second kappa shape index (κ2) is 40.8. The molecule has 5 fully saturated rings. The first kappa shape index (κ1) is 77.4. The first-order chi connectivity index (χ1) is 42.8. The highest BCUT2D eigenvalue weighted by atomic mass is 16.8. The molecule has 0 bridgehead atoms. The first-order valence-electron chi connectivity index (χ1n) is 32.4. The molecule has 29 heteroatoms. The van der Waals surface area contributed by atoms with E-state index in [1.165, 1.54) is 64.2 Å². The van der Waals surface area contributed by atoms with Gasteiger partial charge in [-0.1, -0.05) is 129 Å². The van der Waals surface area contributed by atoms with Gasteiger partial charge >= 0.3 is 0 Å². The number of hydrogen-bond donors (Lipinski definition) is 17. The average molecular weight is 1290 g/mol. The van der Waals surface area contributed by atoms with E-state index in [0.29, 0.717) is 12.8 Å². The highest BCUT2D eigenvalue weighted by Crippen LogP contribution is 2.36. The molecule has 26 atom stereocenters. The molecule has 2 amide bonds. The van der Waals surface area contributed by atoms with Crippen LogP contribution in [0, 0.1) is 0 Å². The Kier molecular flexibility index (Phi) is 35.5. The highest BCUT2D eigenvalue weighted by molar-refractivity contribution is 5.76. The van der Waals surface area contributed by atoms with Crippen LogP contribution in [0.2, 0.25) is 0 Å². The highest BCUT2D eigenvalue weighted by Gasteiger charge is 2.56. The third-order valence-electron chi connectivity index (χ3n) is 17.1. The van der Waals surface area contributed by atoms with Gasteiger partial charge in [-0.3, -0.25) is 9.59 Å². The van der Waals surface area contributed by atoms with Crippen molar-refractivity contribution >= 4 is 11.8 Å². The summed E-state index contributed by atoms with van der Waals surface area (Å²) < 4.78 is 58.6. The van der Waals surface area contributed by atoms with Crippen LogP contribution in [-0.2, 0) is 57.0 Å². The van der Waals surface area contributed by atoms with Crippen LogP contribution < -0.4 is 10.6 Å². The van der Waals surface area contributed by atoms with Gasteiger partial charge in [0.1, 0.15) is 104 Å². The monoisotopic (exact) mass is 1290 g/mol. The molecule has 5 rings (SSSR count). The number of aliphatic hydroxyl groups is 15. The molecule has 0 aromatic carbocycles. The van der Waals surface area contributed by atoms with Crippen LogP contribution in [0.3, 0.4) is 0 Å². The van der Waals surface area contributed by atoms with Gasteiger partial charge in [0, 0.05) is 19.8 Å². The quantitative estimate of drug-likeness (QED) is 0.0223. The average Bonchev–Trinajstić information content (AvgIpc) is 1.99. The SMILES string of the molecule is CCCCCCCCCC/C=C/C(O)C(CO[C@@H]1O[C@H](CO)[C@H](O[C@@H]2O[C@H](CO)[C@H](O[C@@H]3O[C@H](CO)C[C@H](O[C@@H]4O[C@H](CO)[C@H](O[C@H]5O[C@H](CO)[C@H](O)[C@H](O)[C@H]5O)[C@H](O)[C@H]4O)[C@H]3NC(C)=O)[C@H](O)[C@H]2O)[C@H](O)[C@H]1O)NC(=O)CCCCCCCCCCCC. The van der Waals surface area contributed by atoms with E-state index in [1.807, 2.05) is 6.08 Å². The Labute approximate surface area is 521 Å². The van der Waals surface area contributed by atoms with Crippen molar-refractivity contribution in [3.8, 4) is 0 Å². The minimum Gasteiger partial charge on any atom is -0.394 e. The molecule has 0 radical (unpaired) electrons. The summed E-state index contributed by atoms with van der Waals surface area (Å²) in [6.07, 6.45) is -17.6. The van der Waals surface area contributed by atoms with Gasteiger partial charge in [0.05, 0.1) is 64.0 Å². The van der Waals surface area contributed by atoms with Crippen molar-refractivity contribution in [1.29, 1.82) is 0 Å². The Balaban J connectivity index is 1.21. The van der Waals surface area contributed by atoms with Crippen molar-refractivity contribution in [1.82, 2.24) is 10.6 Å². The molecule has 29 nitrogen and oxygen atoms in total. The molecule has 5 aliphatic rings. The van der Waals surface area contributed by atoms with E-state index >= 15 is 0 Å². The smallest absolute Gasteiger partial charge is 0.220 e. The van der Waals surface area contributed by atoms with Gasteiger partial charge in [0.2, 0.25) is 11.8 Å². The van der Waals surface area contributed by atoms with E-state index in [0.717, 1.165) is 51.9 Å². The third kappa shape index (κ3) is 23.2. The zero-order chi connectivity index (χ0) is 65.2.